The van der Waals surface area contributed by atoms with Crippen LogP contribution in [0.4, 0.5) is 10.1 Å². The lowest BCUT2D eigenvalue weighted by atomic mass is 10.1. The first-order valence-corrected chi connectivity index (χ1v) is 9.53. The zero-order valence-corrected chi connectivity index (χ0v) is 16.8. The number of benzene rings is 2. The summed E-state index contributed by atoms with van der Waals surface area (Å²) in [6.07, 6.45) is 3.09. The van der Waals surface area contributed by atoms with Crippen molar-refractivity contribution < 1.29 is 13.9 Å². The lowest BCUT2D eigenvalue weighted by Crippen LogP contribution is -2.31. The topological polar surface area (TPSA) is 55.3 Å². The second-order valence-electron chi connectivity index (χ2n) is 6.61. The molecule has 7 heteroatoms. The van der Waals surface area contributed by atoms with E-state index in [1.54, 1.807) is 24.4 Å². The van der Waals surface area contributed by atoms with Crippen LogP contribution in [0.25, 0.3) is 10.9 Å². The van der Waals surface area contributed by atoms with Gasteiger partial charge >= 0.3 is 0 Å². The Hall–Kier alpha value is -3.51. The largest absolute Gasteiger partial charge is 0.494 e. The second kappa shape index (κ2) is 8.47. The van der Waals surface area contributed by atoms with Crippen molar-refractivity contribution in [3.63, 3.8) is 0 Å². The van der Waals surface area contributed by atoms with Crippen molar-refractivity contribution >= 4 is 34.1 Å². The van der Waals surface area contributed by atoms with Crippen LogP contribution in [0.15, 0.2) is 73.1 Å². The highest BCUT2D eigenvalue weighted by atomic mass is 35.5. The summed E-state index contributed by atoms with van der Waals surface area (Å²) in [5, 5.41) is 1.33. The number of nitrogens with zero attached hydrogens (tertiary/aromatic N) is 3. The molecule has 0 atom stereocenters. The van der Waals surface area contributed by atoms with E-state index in [9.17, 15) is 9.18 Å². The number of rotatable bonds is 5. The van der Waals surface area contributed by atoms with Crippen LogP contribution in [0.5, 0.6) is 5.75 Å². The van der Waals surface area contributed by atoms with Crippen molar-refractivity contribution in [2.24, 2.45) is 0 Å². The van der Waals surface area contributed by atoms with Gasteiger partial charge in [0.1, 0.15) is 16.7 Å². The second-order valence-corrected chi connectivity index (χ2v) is 7.00. The molecule has 0 N–H and O–H groups in total. The molecule has 0 aliphatic rings. The molecule has 0 saturated heterocycles. The Labute approximate surface area is 177 Å². The smallest absolute Gasteiger partial charge is 0.260 e. The lowest BCUT2D eigenvalue weighted by Gasteiger charge is -2.25. The first-order valence-electron chi connectivity index (χ1n) is 9.16. The first-order chi connectivity index (χ1) is 14.5. The molecule has 150 valence electrons. The molecule has 0 radical (unpaired) electrons. The van der Waals surface area contributed by atoms with Gasteiger partial charge in [0.25, 0.3) is 5.91 Å². The van der Waals surface area contributed by atoms with Crippen molar-refractivity contribution in [2.75, 3.05) is 12.0 Å². The summed E-state index contributed by atoms with van der Waals surface area (Å²) in [6, 6.07) is 16.8. The number of halogens is 2. The maximum Gasteiger partial charge on any atom is 0.260 e. The van der Waals surface area contributed by atoms with E-state index in [-0.39, 0.29) is 18.2 Å². The Morgan fingerprint density at radius 2 is 1.97 bits per heavy atom. The minimum absolute atomic E-state index is 0.222. The van der Waals surface area contributed by atoms with Crippen molar-refractivity contribution in [2.45, 2.75) is 6.54 Å². The number of aromatic nitrogens is 2. The van der Waals surface area contributed by atoms with E-state index in [1.807, 2.05) is 24.3 Å². The van der Waals surface area contributed by atoms with Gasteiger partial charge in [0.2, 0.25) is 0 Å². The van der Waals surface area contributed by atoms with E-state index in [0.717, 1.165) is 16.5 Å². The predicted octanol–water partition coefficient (Wildman–Crippen LogP) is 5.28. The summed E-state index contributed by atoms with van der Waals surface area (Å²) in [5.41, 5.74) is 2.42. The number of carbonyl (C=O) groups excluding carboxylic acids is 1. The molecule has 0 fully saturated rings. The van der Waals surface area contributed by atoms with Crippen molar-refractivity contribution in [3.8, 4) is 5.75 Å². The molecule has 2 heterocycles. The molecule has 0 saturated carbocycles. The Morgan fingerprint density at radius 1 is 1.13 bits per heavy atom. The van der Waals surface area contributed by atoms with Gasteiger partial charge < -0.3 is 9.64 Å². The number of hydrogen-bond donors (Lipinski definition) is 0. The highest BCUT2D eigenvalue weighted by Crippen LogP contribution is 2.32. The van der Waals surface area contributed by atoms with Crippen molar-refractivity contribution in [1.29, 1.82) is 0 Å². The van der Waals surface area contributed by atoms with Crippen molar-refractivity contribution in [3.05, 3.63) is 95.2 Å². The van der Waals surface area contributed by atoms with Gasteiger partial charge in [-0.3, -0.25) is 9.78 Å². The van der Waals surface area contributed by atoms with Crippen LogP contribution in [-0.4, -0.2) is 23.0 Å². The summed E-state index contributed by atoms with van der Waals surface area (Å²) in [7, 11) is 1.44. The Morgan fingerprint density at radius 3 is 2.73 bits per heavy atom. The third-order valence-corrected chi connectivity index (χ3v) is 4.86. The molecule has 1 amide bonds. The average Bonchev–Trinajstić information content (AvgIpc) is 2.77. The summed E-state index contributed by atoms with van der Waals surface area (Å²) < 4.78 is 19.1. The summed E-state index contributed by atoms with van der Waals surface area (Å²) in [4.78, 5) is 23.2. The van der Waals surface area contributed by atoms with Crippen LogP contribution < -0.4 is 9.64 Å². The number of amides is 1. The molecule has 4 rings (SSSR count). The van der Waals surface area contributed by atoms with E-state index in [2.05, 4.69) is 9.97 Å². The van der Waals surface area contributed by atoms with E-state index < -0.39 is 5.82 Å². The third-order valence-electron chi connectivity index (χ3n) is 4.65. The molecule has 30 heavy (non-hydrogen) atoms. The quantitative estimate of drug-likeness (QED) is 0.411. The Balaban J connectivity index is 1.78. The number of fused-ring (bicyclic) bond motifs is 1. The van der Waals surface area contributed by atoms with Crippen LogP contribution in [0.2, 0.25) is 5.15 Å². The van der Waals surface area contributed by atoms with Crippen LogP contribution in [0.3, 0.4) is 0 Å². The van der Waals surface area contributed by atoms with Gasteiger partial charge in [-0.2, -0.15) is 0 Å². The molecule has 2 aromatic carbocycles. The number of pyridine rings is 2. The van der Waals surface area contributed by atoms with Crippen LogP contribution in [-0.2, 0) is 6.54 Å². The lowest BCUT2D eigenvalue weighted by molar-refractivity contribution is 0.0984. The first kappa shape index (κ1) is 19.8. The van der Waals surface area contributed by atoms with E-state index in [4.69, 9.17) is 16.3 Å². The van der Waals surface area contributed by atoms with Gasteiger partial charge in [-0.25, -0.2) is 9.37 Å². The highest BCUT2D eigenvalue weighted by molar-refractivity contribution is 6.29. The monoisotopic (exact) mass is 421 g/mol. The zero-order valence-electron chi connectivity index (χ0n) is 16.0. The predicted molar refractivity (Wildman–Crippen MR) is 114 cm³/mol. The molecule has 0 unspecified atom stereocenters. The number of hydrogen-bond acceptors (Lipinski definition) is 4. The number of ether oxygens (including phenoxy) is 1. The van der Waals surface area contributed by atoms with Gasteiger partial charge in [0.15, 0.2) is 0 Å². The molecule has 0 aliphatic carbocycles. The summed E-state index contributed by atoms with van der Waals surface area (Å²) in [5.74, 6) is -0.477. The SMILES string of the molecule is COc1cc(F)ccc1N(Cc1ccc2ccc(Cl)nc2c1)C(=O)c1cccnc1. The van der Waals surface area contributed by atoms with Crippen LogP contribution >= 0.6 is 11.6 Å². The molecule has 0 aliphatic heterocycles. The fraction of sp³-hybridized carbons (Fsp3) is 0.0870. The third kappa shape index (κ3) is 4.09. The number of carbonyl (C=O) groups is 1. The normalized spacial score (nSPS) is 10.8. The molecule has 4 aromatic rings. The molecule has 2 aromatic heterocycles. The maximum atomic E-state index is 13.7. The molecular formula is C23H17ClFN3O2. The van der Waals surface area contributed by atoms with Crippen LogP contribution in [0, 0.1) is 5.82 Å². The molecule has 0 spiro atoms. The number of anilines is 1. The Kier molecular flexibility index (Phi) is 5.59. The van der Waals surface area contributed by atoms with Gasteiger partial charge in [-0.05, 0) is 48.0 Å². The standard InChI is InChI=1S/C23H17ClFN3O2/c1-30-21-12-18(25)7-8-20(21)28(23(29)17-3-2-10-26-13-17)14-15-4-5-16-6-9-22(24)27-19(16)11-15/h2-13H,14H2,1H3. The van der Waals surface area contributed by atoms with Gasteiger partial charge in [-0.15, -0.1) is 0 Å². The minimum Gasteiger partial charge on any atom is -0.494 e. The molecule has 5 nitrogen and oxygen atoms in total. The zero-order chi connectivity index (χ0) is 21.1. The molecule has 0 bridgehead atoms. The highest BCUT2D eigenvalue weighted by Gasteiger charge is 2.22. The van der Waals surface area contributed by atoms with Gasteiger partial charge in [0.05, 0.1) is 30.4 Å². The van der Waals surface area contributed by atoms with E-state index >= 15 is 0 Å². The maximum absolute atomic E-state index is 13.7. The van der Waals surface area contributed by atoms with E-state index in [0.29, 0.717) is 16.4 Å². The fourth-order valence-electron chi connectivity index (χ4n) is 3.20. The number of methoxy groups -OCH3 is 1. The molecular weight excluding hydrogens is 405 g/mol. The van der Waals surface area contributed by atoms with Gasteiger partial charge in [0, 0.05) is 23.8 Å². The Bertz CT molecular complexity index is 1220. The fourth-order valence-corrected chi connectivity index (χ4v) is 3.36. The summed E-state index contributed by atoms with van der Waals surface area (Å²) in [6.45, 7) is 0.222. The average molecular weight is 422 g/mol. The summed E-state index contributed by atoms with van der Waals surface area (Å²) >= 11 is 6.02. The van der Waals surface area contributed by atoms with Crippen LogP contribution in [0.1, 0.15) is 15.9 Å². The van der Waals surface area contributed by atoms with Gasteiger partial charge in [-0.1, -0.05) is 23.7 Å². The van der Waals surface area contributed by atoms with E-state index in [1.165, 1.54) is 36.4 Å². The van der Waals surface area contributed by atoms with Crippen molar-refractivity contribution in [1.82, 2.24) is 9.97 Å². The minimum atomic E-state index is -0.450.